The van der Waals surface area contributed by atoms with Gasteiger partial charge in [0.2, 0.25) is 5.91 Å². The Labute approximate surface area is 107 Å². The maximum Gasteiger partial charge on any atom is 0.242 e. The van der Waals surface area contributed by atoms with Crippen molar-refractivity contribution in [1.82, 2.24) is 5.32 Å². The topological polar surface area (TPSA) is 56.1 Å². The molecule has 1 heterocycles. The van der Waals surface area contributed by atoms with Crippen LogP contribution in [0.25, 0.3) is 0 Å². The average Bonchev–Trinajstić information content (AvgIpc) is 2.62. The first-order valence-corrected chi connectivity index (χ1v) is 6.23. The third-order valence-electron chi connectivity index (χ3n) is 3.38. The first kappa shape index (κ1) is 12.4. The van der Waals surface area contributed by atoms with Gasteiger partial charge in [-0.05, 0) is 31.4 Å². The van der Waals surface area contributed by atoms with Crippen molar-refractivity contribution in [1.29, 1.82) is 5.26 Å². The van der Waals surface area contributed by atoms with Gasteiger partial charge in [0.1, 0.15) is 12.1 Å². The summed E-state index contributed by atoms with van der Waals surface area (Å²) in [4.78, 5) is 13.9. The van der Waals surface area contributed by atoms with Crippen LogP contribution in [0.15, 0.2) is 24.3 Å². The van der Waals surface area contributed by atoms with Crippen molar-refractivity contribution in [2.75, 3.05) is 18.5 Å². The van der Waals surface area contributed by atoms with Gasteiger partial charge in [-0.3, -0.25) is 4.79 Å². The van der Waals surface area contributed by atoms with Gasteiger partial charge in [-0.2, -0.15) is 5.26 Å². The summed E-state index contributed by atoms with van der Waals surface area (Å²) in [6, 6.07) is 9.38. The van der Waals surface area contributed by atoms with Crippen molar-refractivity contribution in [2.24, 2.45) is 0 Å². The lowest BCUT2D eigenvalue weighted by molar-refractivity contribution is -0.122. The number of nitrogens with zero attached hydrogens (tertiary/aromatic N) is 2. The van der Waals surface area contributed by atoms with Gasteiger partial charge in [0.15, 0.2) is 0 Å². The minimum Gasteiger partial charge on any atom is -0.362 e. The Morgan fingerprint density at radius 3 is 2.94 bits per heavy atom. The molecular weight excluding hydrogens is 226 g/mol. The Kier molecular flexibility index (Phi) is 3.83. The van der Waals surface area contributed by atoms with Crippen molar-refractivity contribution in [3.05, 3.63) is 29.8 Å². The van der Waals surface area contributed by atoms with Crippen molar-refractivity contribution in [3.63, 3.8) is 0 Å². The summed E-state index contributed by atoms with van der Waals surface area (Å²) in [5, 5.41) is 12.0. The zero-order chi connectivity index (χ0) is 13.0. The van der Waals surface area contributed by atoms with Crippen LogP contribution in [0, 0.1) is 11.3 Å². The Morgan fingerprint density at radius 1 is 1.39 bits per heavy atom. The number of benzene rings is 1. The molecule has 0 aromatic heterocycles. The second-order valence-corrected chi connectivity index (χ2v) is 4.54. The SMILES string of the molecule is CN(c1ccccc1C#N)C1CCCCNC1=O. The fraction of sp³-hybridized carbons (Fsp3) is 0.429. The van der Waals surface area contributed by atoms with E-state index in [1.165, 1.54) is 0 Å². The molecule has 1 atom stereocenters. The first-order chi connectivity index (χ1) is 8.74. The number of likely N-dealkylation sites (N-methyl/N-ethyl adjacent to an activating group) is 1. The van der Waals surface area contributed by atoms with Crippen LogP contribution in [-0.2, 0) is 4.79 Å². The molecule has 0 radical (unpaired) electrons. The van der Waals surface area contributed by atoms with Crippen LogP contribution in [0.5, 0.6) is 0 Å². The largest absolute Gasteiger partial charge is 0.362 e. The lowest BCUT2D eigenvalue weighted by Crippen LogP contribution is -2.44. The molecule has 1 saturated heterocycles. The fourth-order valence-electron chi connectivity index (χ4n) is 2.34. The molecule has 0 aliphatic carbocycles. The van der Waals surface area contributed by atoms with Gasteiger partial charge in [0, 0.05) is 13.6 Å². The summed E-state index contributed by atoms with van der Waals surface area (Å²) in [5.41, 5.74) is 1.43. The van der Waals surface area contributed by atoms with Crippen LogP contribution < -0.4 is 10.2 Å². The lowest BCUT2D eigenvalue weighted by Gasteiger charge is -2.28. The molecule has 1 fully saturated rings. The summed E-state index contributed by atoms with van der Waals surface area (Å²) in [5.74, 6) is 0.0581. The molecule has 1 aromatic rings. The Bertz CT molecular complexity index is 478. The predicted molar refractivity (Wildman–Crippen MR) is 70.2 cm³/mol. The number of nitrogens with one attached hydrogen (secondary N) is 1. The minimum absolute atomic E-state index is 0.0581. The van der Waals surface area contributed by atoms with Crippen LogP contribution in [0.4, 0.5) is 5.69 Å². The van der Waals surface area contributed by atoms with Gasteiger partial charge in [0.25, 0.3) is 0 Å². The first-order valence-electron chi connectivity index (χ1n) is 6.23. The van der Waals surface area contributed by atoms with Crippen LogP contribution in [0.2, 0.25) is 0 Å². The number of carbonyl (C=O) groups excluding carboxylic acids is 1. The van der Waals surface area contributed by atoms with E-state index in [0.717, 1.165) is 31.5 Å². The highest BCUT2D eigenvalue weighted by atomic mass is 16.2. The van der Waals surface area contributed by atoms with E-state index in [-0.39, 0.29) is 11.9 Å². The molecule has 1 unspecified atom stereocenters. The van der Waals surface area contributed by atoms with Gasteiger partial charge in [0.05, 0.1) is 11.3 Å². The van der Waals surface area contributed by atoms with Crippen LogP contribution >= 0.6 is 0 Å². The number of hydrogen-bond donors (Lipinski definition) is 1. The normalized spacial score (nSPS) is 19.6. The standard InChI is InChI=1S/C14H17N3O/c1-17(12-7-3-2-6-11(12)10-15)13-8-4-5-9-16-14(13)18/h2-3,6-7,13H,4-5,8-9H2,1H3,(H,16,18). The molecule has 1 N–H and O–H groups in total. The molecule has 94 valence electrons. The molecule has 4 nitrogen and oxygen atoms in total. The Balaban J connectivity index is 2.27. The molecule has 2 rings (SSSR count). The second-order valence-electron chi connectivity index (χ2n) is 4.54. The maximum atomic E-state index is 12.0. The Morgan fingerprint density at radius 2 is 2.17 bits per heavy atom. The molecule has 1 aliphatic rings. The van der Waals surface area contributed by atoms with Gasteiger partial charge in [-0.15, -0.1) is 0 Å². The van der Waals surface area contributed by atoms with E-state index >= 15 is 0 Å². The molecule has 0 bridgehead atoms. The lowest BCUT2D eigenvalue weighted by atomic mass is 10.1. The predicted octanol–water partition coefficient (Wildman–Crippen LogP) is 1.66. The number of amides is 1. The summed E-state index contributed by atoms with van der Waals surface area (Å²) in [7, 11) is 1.88. The smallest absolute Gasteiger partial charge is 0.242 e. The van der Waals surface area contributed by atoms with E-state index in [9.17, 15) is 4.79 Å². The monoisotopic (exact) mass is 243 g/mol. The number of nitriles is 1. The number of anilines is 1. The van der Waals surface area contributed by atoms with E-state index in [1.807, 2.05) is 30.1 Å². The molecule has 18 heavy (non-hydrogen) atoms. The fourth-order valence-corrected chi connectivity index (χ4v) is 2.34. The van der Waals surface area contributed by atoms with E-state index in [0.29, 0.717) is 5.56 Å². The van der Waals surface area contributed by atoms with Crippen LogP contribution in [0.1, 0.15) is 24.8 Å². The second kappa shape index (κ2) is 5.54. The van der Waals surface area contributed by atoms with Crippen LogP contribution in [0.3, 0.4) is 0 Å². The highest BCUT2D eigenvalue weighted by Gasteiger charge is 2.25. The number of carbonyl (C=O) groups is 1. The van der Waals surface area contributed by atoms with Crippen molar-refractivity contribution in [3.8, 4) is 6.07 Å². The van der Waals surface area contributed by atoms with Crippen molar-refractivity contribution >= 4 is 11.6 Å². The van der Waals surface area contributed by atoms with Gasteiger partial charge in [-0.1, -0.05) is 12.1 Å². The van der Waals surface area contributed by atoms with E-state index in [1.54, 1.807) is 6.07 Å². The summed E-state index contributed by atoms with van der Waals surface area (Å²) < 4.78 is 0. The summed E-state index contributed by atoms with van der Waals surface area (Å²) in [6.07, 6.45) is 2.89. The molecule has 0 saturated carbocycles. The van der Waals surface area contributed by atoms with Gasteiger partial charge in [-0.25, -0.2) is 0 Å². The minimum atomic E-state index is -0.179. The van der Waals surface area contributed by atoms with E-state index in [4.69, 9.17) is 5.26 Å². The van der Waals surface area contributed by atoms with Crippen molar-refractivity contribution < 1.29 is 4.79 Å². The quantitative estimate of drug-likeness (QED) is 0.859. The summed E-state index contributed by atoms with van der Waals surface area (Å²) in [6.45, 7) is 0.753. The highest BCUT2D eigenvalue weighted by Crippen LogP contribution is 2.23. The average molecular weight is 243 g/mol. The van der Waals surface area contributed by atoms with Gasteiger partial charge >= 0.3 is 0 Å². The Hall–Kier alpha value is -2.02. The number of para-hydroxylation sites is 1. The molecular formula is C14H17N3O. The molecule has 4 heteroatoms. The molecule has 0 spiro atoms. The number of hydrogen-bond acceptors (Lipinski definition) is 3. The third-order valence-corrected chi connectivity index (χ3v) is 3.38. The maximum absolute atomic E-state index is 12.0. The van der Waals surface area contributed by atoms with Crippen LogP contribution in [-0.4, -0.2) is 25.5 Å². The van der Waals surface area contributed by atoms with E-state index in [2.05, 4.69) is 11.4 Å². The zero-order valence-electron chi connectivity index (χ0n) is 10.5. The highest BCUT2D eigenvalue weighted by molar-refractivity contribution is 5.85. The third kappa shape index (κ3) is 2.45. The zero-order valence-corrected chi connectivity index (χ0v) is 10.5. The van der Waals surface area contributed by atoms with Gasteiger partial charge < -0.3 is 10.2 Å². The van der Waals surface area contributed by atoms with Crippen molar-refractivity contribution in [2.45, 2.75) is 25.3 Å². The summed E-state index contributed by atoms with van der Waals surface area (Å²) >= 11 is 0. The molecule has 1 aromatic carbocycles. The van der Waals surface area contributed by atoms with E-state index < -0.39 is 0 Å². The molecule has 1 amide bonds. The number of rotatable bonds is 2. The molecule has 1 aliphatic heterocycles.